The van der Waals surface area contributed by atoms with E-state index in [2.05, 4.69) is 5.32 Å². The highest BCUT2D eigenvalue weighted by Gasteiger charge is 2.06. The van der Waals surface area contributed by atoms with Gasteiger partial charge in [0.25, 0.3) is 0 Å². The summed E-state index contributed by atoms with van der Waals surface area (Å²) in [6.45, 7) is 1.87. The second-order valence-electron chi connectivity index (χ2n) is 2.00. The topological polar surface area (TPSA) is 32.3 Å². The Bertz CT molecular complexity index is 50.5. The minimum atomic E-state index is -0.0752. The van der Waals surface area contributed by atoms with Crippen molar-refractivity contribution in [1.29, 1.82) is 0 Å². The number of β-amino-alcohol motifs (C(OH)–C–C–N with tert-alkyl or cyclic N) is 1. The first-order chi connectivity index (χ1) is 3.39. The van der Waals surface area contributed by atoms with Crippen molar-refractivity contribution in [3.05, 3.63) is 0 Å². The van der Waals surface area contributed by atoms with Gasteiger partial charge in [0, 0.05) is 6.54 Å². The van der Waals surface area contributed by atoms with E-state index >= 15 is 0 Å². The van der Waals surface area contributed by atoms with E-state index in [-0.39, 0.29) is 13.5 Å². The molecule has 1 fully saturated rings. The lowest BCUT2D eigenvalue weighted by Gasteiger charge is -2.16. The third-order valence-electron chi connectivity index (χ3n) is 1.27. The predicted octanol–water partition coefficient (Wildman–Crippen LogP) is 0.367. The van der Waals surface area contributed by atoms with Gasteiger partial charge in [0.05, 0.1) is 6.10 Å². The summed E-state index contributed by atoms with van der Waals surface area (Å²) >= 11 is 0. The molecule has 1 aliphatic rings. The van der Waals surface area contributed by atoms with Gasteiger partial charge >= 0.3 is 0 Å². The van der Waals surface area contributed by atoms with Gasteiger partial charge in [-0.25, -0.2) is 0 Å². The van der Waals surface area contributed by atoms with Crippen molar-refractivity contribution in [2.24, 2.45) is 0 Å². The lowest BCUT2D eigenvalue weighted by atomic mass is 10.1. The molecular formula is C6H15NO. The summed E-state index contributed by atoms with van der Waals surface area (Å²) in [5, 5.41) is 11.9. The number of nitrogens with one attached hydrogen (secondary N) is 1. The molecule has 1 unspecified atom stereocenters. The van der Waals surface area contributed by atoms with Crippen LogP contribution in [0.25, 0.3) is 0 Å². The molecule has 0 aromatic carbocycles. The van der Waals surface area contributed by atoms with Gasteiger partial charge in [-0.2, -0.15) is 0 Å². The highest BCUT2D eigenvalue weighted by atomic mass is 16.3. The maximum absolute atomic E-state index is 8.85. The first-order valence-electron chi connectivity index (χ1n) is 2.78. The van der Waals surface area contributed by atoms with E-state index in [4.69, 9.17) is 5.11 Å². The van der Waals surface area contributed by atoms with E-state index in [1.807, 2.05) is 0 Å². The molecule has 2 nitrogen and oxygen atoms in total. The van der Waals surface area contributed by atoms with Crippen LogP contribution in [0, 0.1) is 0 Å². The van der Waals surface area contributed by atoms with E-state index in [1.165, 1.54) is 0 Å². The Morgan fingerprint density at radius 1 is 1.50 bits per heavy atom. The van der Waals surface area contributed by atoms with Crippen molar-refractivity contribution in [1.82, 2.24) is 5.32 Å². The molecule has 0 spiro atoms. The van der Waals surface area contributed by atoms with Crippen molar-refractivity contribution in [2.45, 2.75) is 26.4 Å². The van der Waals surface area contributed by atoms with Gasteiger partial charge in [-0.05, 0) is 19.4 Å². The molecule has 0 aromatic heterocycles. The van der Waals surface area contributed by atoms with Gasteiger partial charge in [-0.15, -0.1) is 0 Å². The van der Waals surface area contributed by atoms with E-state index in [0.717, 1.165) is 25.9 Å². The molecule has 1 heterocycles. The average molecular weight is 117 g/mol. The van der Waals surface area contributed by atoms with Crippen LogP contribution in [0.15, 0.2) is 0 Å². The van der Waals surface area contributed by atoms with Crippen LogP contribution in [0.2, 0.25) is 0 Å². The van der Waals surface area contributed by atoms with Gasteiger partial charge in [0.2, 0.25) is 0 Å². The largest absolute Gasteiger partial charge is 0.392 e. The van der Waals surface area contributed by atoms with Crippen molar-refractivity contribution in [2.75, 3.05) is 13.1 Å². The fourth-order valence-corrected chi connectivity index (χ4v) is 0.833. The number of rotatable bonds is 0. The molecule has 2 heteroatoms. The molecule has 1 saturated heterocycles. The number of piperidine rings is 1. The third-order valence-corrected chi connectivity index (χ3v) is 1.27. The molecule has 0 aromatic rings. The number of hydrogen-bond acceptors (Lipinski definition) is 2. The van der Waals surface area contributed by atoms with Gasteiger partial charge in [-0.1, -0.05) is 7.43 Å². The van der Waals surface area contributed by atoms with E-state index < -0.39 is 0 Å². The average Bonchev–Trinajstić information content (AvgIpc) is 1.69. The van der Waals surface area contributed by atoms with Crippen LogP contribution in [0.5, 0.6) is 0 Å². The van der Waals surface area contributed by atoms with Gasteiger partial charge < -0.3 is 10.4 Å². The summed E-state index contributed by atoms with van der Waals surface area (Å²) in [5.74, 6) is 0. The van der Waals surface area contributed by atoms with E-state index in [1.54, 1.807) is 0 Å². The Morgan fingerprint density at radius 2 is 2.25 bits per heavy atom. The molecule has 0 bridgehead atoms. The zero-order valence-corrected chi connectivity index (χ0v) is 4.35. The van der Waals surface area contributed by atoms with Crippen LogP contribution in [-0.2, 0) is 0 Å². The van der Waals surface area contributed by atoms with E-state index in [0.29, 0.717) is 0 Å². The minimum absolute atomic E-state index is 0. The minimum Gasteiger partial charge on any atom is -0.392 e. The van der Waals surface area contributed by atoms with Crippen LogP contribution >= 0.6 is 0 Å². The van der Waals surface area contributed by atoms with Crippen LogP contribution in [0.4, 0.5) is 0 Å². The van der Waals surface area contributed by atoms with Crippen molar-refractivity contribution in [3.63, 3.8) is 0 Å². The molecule has 0 saturated carbocycles. The van der Waals surface area contributed by atoms with Crippen LogP contribution in [0.1, 0.15) is 20.3 Å². The fraction of sp³-hybridized carbons (Fsp3) is 1.00. The second kappa shape index (κ2) is 3.87. The lowest BCUT2D eigenvalue weighted by molar-refractivity contribution is 0.142. The lowest BCUT2D eigenvalue weighted by Crippen LogP contribution is -2.33. The smallest absolute Gasteiger partial charge is 0.0665 e. The van der Waals surface area contributed by atoms with Crippen LogP contribution in [0.3, 0.4) is 0 Å². The monoisotopic (exact) mass is 117 g/mol. The first-order valence-corrected chi connectivity index (χ1v) is 2.78. The maximum atomic E-state index is 8.85. The van der Waals surface area contributed by atoms with E-state index in [9.17, 15) is 0 Å². The molecular weight excluding hydrogens is 102 g/mol. The summed E-state index contributed by atoms with van der Waals surface area (Å²) in [4.78, 5) is 0. The first kappa shape index (κ1) is 7.92. The second-order valence-corrected chi connectivity index (χ2v) is 2.00. The fourth-order valence-electron chi connectivity index (χ4n) is 0.833. The number of aliphatic hydroxyl groups is 1. The Balaban J connectivity index is 0.000000490. The number of aliphatic hydroxyl groups excluding tert-OH is 1. The van der Waals surface area contributed by atoms with Gasteiger partial charge in [-0.3, -0.25) is 0 Å². The highest BCUT2D eigenvalue weighted by Crippen LogP contribution is 1.98. The molecule has 1 rings (SSSR count). The van der Waals surface area contributed by atoms with Gasteiger partial charge in [0.15, 0.2) is 0 Å². The van der Waals surface area contributed by atoms with Crippen LogP contribution < -0.4 is 5.32 Å². The quantitative estimate of drug-likeness (QED) is 0.480. The zero-order chi connectivity index (χ0) is 5.11. The van der Waals surface area contributed by atoms with Crippen molar-refractivity contribution in [3.8, 4) is 0 Å². The Labute approximate surface area is 50.9 Å². The normalized spacial score (nSPS) is 28.9. The molecule has 2 N–H and O–H groups in total. The predicted molar refractivity (Wildman–Crippen MR) is 34.8 cm³/mol. The summed E-state index contributed by atoms with van der Waals surface area (Å²) in [6, 6.07) is 0. The summed E-state index contributed by atoms with van der Waals surface area (Å²) in [6.07, 6.45) is 2.03. The summed E-state index contributed by atoms with van der Waals surface area (Å²) < 4.78 is 0. The summed E-state index contributed by atoms with van der Waals surface area (Å²) in [5.41, 5.74) is 0. The van der Waals surface area contributed by atoms with Crippen LogP contribution in [-0.4, -0.2) is 24.3 Å². The molecule has 0 radical (unpaired) electrons. The Hall–Kier alpha value is -0.0800. The summed E-state index contributed by atoms with van der Waals surface area (Å²) in [7, 11) is 0. The number of hydrogen-bond donors (Lipinski definition) is 2. The maximum Gasteiger partial charge on any atom is 0.0665 e. The Kier molecular flexibility index (Phi) is 3.83. The molecule has 8 heavy (non-hydrogen) atoms. The molecule has 1 atom stereocenters. The van der Waals surface area contributed by atoms with Crippen molar-refractivity contribution >= 4 is 0 Å². The highest BCUT2D eigenvalue weighted by molar-refractivity contribution is 4.65. The SMILES string of the molecule is C.OC1CCCNC1. The Morgan fingerprint density at radius 3 is 2.50 bits per heavy atom. The van der Waals surface area contributed by atoms with Crippen molar-refractivity contribution < 1.29 is 5.11 Å². The van der Waals surface area contributed by atoms with Gasteiger partial charge in [0.1, 0.15) is 0 Å². The standard InChI is InChI=1S/C5H11NO.CH4/c7-5-2-1-3-6-4-5;/h5-7H,1-4H2;1H4. The molecule has 0 aliphatic carbocycles. The molecule has 1 aliphatic heterocycles. The molecule has 0 amide bonds. The third kappa shape index (κ3) is 2.28. The zero-order valence-electron chi connectivity index (χ0n) is 4.35. The molecule has 50 valence electrons.